The van der Waals surface area contributed by atoms with Gasteiger partial charge >= 0.3 is 12.1 Å². The number of hydrogen-bond donors (Lipinski definition) is 0. The second kappa shape index (κ2) is 8.72. The molecular weight excluding hydrogens is 503 g/mol. The molecule has 0 spiro atoms. The molecule has 0 fully saturated rings. The highest BCUT2D eigenvalue weighted by Crippen LogP contribution is 2.41. The molecule has 0 aliphatic heterocycles. The Balaban J connectivity index is 2.14. The summed E-state index contributed by atoms with van der Waals surface area (Å²) in [6.45, 7) is 5.76. The molecule has 0 aliphatic rings. The summed E-state index contributed by atoms with van der Waals surface area (Å²) in [7, 11) is 1.27. The number of thiazole rings is 1. The second-order valence-electron chi connectivity index (χ2n) is 6.53. The number of aromatic nitrogens is 3. The molecule has 0 unspecified atom stereocenters. The fourth-order valence-corrected chi connectivity index (χ4v) is 5.49. The molecule has 3 aromatic rings. The smallest absolute Gasteiger partial charge is 0.416 e. The number of benzene rings is 1. The van der Waals surface area contributed by atoms with Crippen molar-refractivity contribution in [2.45, 2.75) is 36.4 Å². The third-order valence-electron chi connectivity index (χ3n) is 3.96. The van der Waals surface area contributed by atoms with Crippen LogP contribution in [0.3, 0.4) is 0 Å². The molecule has 3 rings (SSSR count). The van der Waals surface area contributed by atoms with Gasteiger partial charge in [0.15, 0.2) is 5.69 Å². The predicted octanol–water partition coefficient (Wildman–Crippen LogP) is 6.37. The topological polar surface area (TPSA) is 57.0 Å². The number of rotatable bonds is 5. The Labute approximate surface area is 187 Å². The molecule has 0 saturated heterocycles. The lowest BCUT2D eigenvalue weighted by atomic mass is 10.1. The molecule has 0 radical (unpaired) electrons. The van der Waals surface area contributed by atoms with Gasteiger partial charge in [0, 0.05) is 10.8 Å². The highest BCUT2D eigenvalue weighted by molar-refractivity contribution is 9.10. The van der Waals surface area contributed by atoms with Crippen molar-refractivity contribution in [2.75, 3.05) is 7.11 Å². The molecule has 0 aliphatic carbocycles. The van der Waals surface area contributed by atoms with Crippen LogP contribution in [-0.4, -0.2) is 33.1 Å². The third kappa shape index (κ3) is 4.57. The molecule has 11 heteroatoms. The van der Waals surface area contributed by atoms with Gasteiger partial charge in [-0.15, -0.1) is 11.8 Å². The Kier molecular flexibility index (Phi) is 6.63. The zero-order valence-electron chi connectivity index (χ0n) is 16.4. The van der Waals surface area contributed by atoms with Crippen LogP contribution in [0, 0.1) is 6.92 Å². The Bertz CT molecular complexity index is 1080. The molecule has 30 heavy (non-hydrogen) atoms. The number of methoxy groups -OCH3 is 1. The number of aryl methyl sites for hydroxylation is 1. The third-order valence-corrected chi connectivity index (χ3v) is 7.15. The molecule has 160 valence electrons. The van der Waals surface area contributed by atoms with Crippen LogP contribution in [0.15, 0.2) is 32.9 Å². The minimum Gasteiger partial charge on any atom is -0.464 e. The zero-order valence-corrected chi connectivity index (χ0v) is 19.6. The van der Waals surface area contributed by atoms with E-state index in [4.69, 9.17) is 4.74 Å². The van der Waals surface area contributed by atoms with E-state index >= 15 is 0 Å². The lowest BCUT2D eigenvalue weighted by Crippen LogP contribution is -2.10. The van der Waals surface area contributed by atoms with E-state index in [0.717, 1.165) is 16.3 Å². The Morgan fingerprint density at radius 2 is 1.90 bits per heavy atom. The maximum atomic E-state index is 12.9. The molecule has 0 saturated carbocycles. The summed E-state index contributed by atoms with van der Waals surface area (Å²) in [5.74, 6) is -0.577. The van der Waals surface area contributed by atoms with Crippen LogP contribution in [0.2, 0.25) is 0 Å². The van der Waals surface area contributed by atoms with Crippen LogP contribution in [-0.2, 0) is 10.9 Å². The maximum absolute atomic E-state index is 12.9. The minimum atomic E-state index is -4.41. The van der Waals surface area contributed by atoms with Crippen molar-refractivity contribution in [3.8, 4) is 16.4 Å². The van der Waals surface area contributed by atoms with Crippen molar-refractivity contribution < 1.29 is 22.7 Å². The van der Waals surface area contributed by atoms with Crippen molar-refractivity contribution in [3.63, 3.8) is 0 Å². The van der Waals surface area contributed by atoms with Gasteiger partial charge in [-0.05, 0) is 35.0 Å². The van der Waals surface area contributed by atoms with Crippen molar-refractivity contribution >= 4 is 45.0 Å². The summed E-state index contributed by atoms with van der Waals surface area (Å²) in [6.07, 6.45) is -4.41. The highest BCUT2D eigenvalue weighted by atomic mass is 79.9. The lowest BCUT2D eigenvalue weighted by Gasteiger charge is -2.08. The number of carbonyl (C=O) groups is 1. The summed E-state index contributed by atoms with van der Waals surface area (Å²) in [6, 6.07) is 4.87. The first-order valence-electron chi connectivity index (χ1n) is 8.71. The average Bonchev–Trinajstić information content (AvgIpc) is 3.21. The number of alkyl halides is 3. The van der Waals surface area contributed by atoms with Crippen LogP contribution in [0.25, 0.3) is 16.4 Å². The number of thioether (sulfide) groups is 1. The van der Waals surface area contributed by atoms with Gasteiger partial charge in [-0.2, -0.15) is 23.0 Å². The first kappa shape index (κ1) is 22.8. The number of nitrogens with zero attached hydrogens (tertiary/aromatic N) is 3. The molecule has 0 atom stereocenters. The van der Waals surface area contributed by atoms with E-state index in [-0.39, 0.29) is 10.9 Å². The lowest BCUT2D eigenvalue weighted by molar-refractivity contribution is -0.137. The van der Waals surface area contributed by atoms with E-state index in [9.17, 15) is 18.0 Å². The van der Waals surface area contributed by atoms with Gasteiger partial charge in [-0.25, -0.2) is 9.78 Å². The normalized spacial score (nSPS) is 11.9. The first-order chi connectivity index (χ1) is 14.0. The quantitative estimate of drug-likeness (QED) is 0.289. The van der Waals surface area contributed by atoms with Gasteiger partial charge in [0.2, 0.25) is 5.13 Å². The van der Waals surface area contributed by atoms with E-state index in [0.29, 0.717) is 26.6 Å². The van der Waals surface area contributed by atoms with Crippen LogP contribution >= 0.6 is 39.0 Å². The van der Waals surface area contributed by atoms with Crippen LogP contribution in [0.5, 0.6) is 0 Å². The van der Waals surface area contributed by atoms with Gasteiger partial charge < -0.3 is 4.74 Å². The van der Waals surface area contributed by atoms with Crippen molar-refractivity contribution in [3.05, 3.63) is 45.7 Å². The molecule has 2 heterocycles. The summed E-state index contributed by atoms with van der Waals surface area (Å²) in [4.78, 5) is 16.9. The number of carbonyl (C=O) groups excluding carboxylic acids is 1. The van der Waals surface area contributed by atoms with Gasteiger partial charge in [0.25, 0.3) is 0 Å². The fraction of sp³-hybridized carbons (Fsp3) is 0.316. The number of esters is 1. The first-order valence-corrected chi connectivity index (χ1v) is 11.2. The van der Waals surface area contributed by atoms with Crippen LogP contribution in [0.1, 0.15) is 35.6 Å². The standard InChI is InChI=1S/C19H17BrF3N3O2S2/c1-9(2)29-17-14(11-5-7-12(8-6-11)19(21,22)23)24-18(30-17)26-15(16(27)28-4)13(20)10(3)25-26/h5-9H,1-4H3. The maximum Gasteiger partial charge on any atom is 0.416 e. The number of halogens is 4. The molecule has 0 N–H and O–H groups in total. The van der Waals surface area contributed by atoms with Crippen LogP contribution < -0.4 is 0 Å². The van der Waals surface area contributed by atoms with E-state index in [2.05, 4.69) is 26.0 Å². The van der Waals surface area contributed by atoms with E-state index in [1.807, 2.05) is 13.8 Å². The monoisotopic (exact) mass is 519 g/mol. The summed E-state index contributed by atoms with van der Waals surface area (Å²) in [5.41, 5.74) is 1.15. The molecule has 5 nitrogen and oxygen atoms in total. The Morgan fingerprint density at radius 3 is 2.43 bits per heavy atom. The summed E-state index contributed by atoms with van der Waals surface area (Å²) >= 11 is 6.21. The molecule has 1 aromatic carbocycles. The van der Waals surface area contributed by atoms with Crippen molar-refractivity contribution in [1.82, 2.24) is 14.8 Å². The highest BCUT2D eigenvalue weighted by Gasteiger charge is 2.30. The molecule has 0 amide bonds. The fourth-order valence-electron chi connectivity index (χ4n) is 2.60. The Morgan fingerprint density at radius 1 is 1.27 bits per heavy atom. The second-order valence-corrected chi connectivity index (χ2v) is 10.1. The van der Waals surface area contributed by atoms with Crippen LogP contribution in [0.4, 0.5) is 13.2 Å². The Hall–Kier alpha value is -1.85. The SMILES string of the molecule is COC(=O)c1c(Br)c(C)nn1-c1nc(-c2ccc(C(F)(F)F)cc2)c(SC(C)C)s1. The minimum absolute atomic E-state index is 0.198. The van der Waals surface area contributed by atoms with Gasteiger partial charge in [-0.1, -0.05) is 37.3 Å². The zero-order chi connectivity index (χ0) is 22.2. The molecule has 0 bridgehead atoms. The molecule has 2 aromatic heterocycles. The average molecular weight is 520 g/mol. The summed E-state index contributed by atoms with van der Waals surface area (Å²) in [5, 5.41) is 5.02. The van der Waals surface area contributed by atoms with Gasteiger partial charge in [-0.3, -0.25) is 0 Å². The van der Waals surface area contributed by atoms with E-state index in [1.165, 1.54) is 35.3 Å². The predicted molar refractivity (Wildman–Crippen MR) is 114 cm³/mol. The van der Waals surface area contributed by atoms with Gasteiger partial charge in [0.1, 0.15) is 0 Å². The number of hydrogen-bond acceptors (Lipinski definition) is 6. The largest absolute Gasteiger partial charge is 0.464 e. The number of ether oxygens (including phenoxy) is 1. The van der Waals surface area contributed by atoms with Crippen molar-refractivity contribution in [2.24, 2.45) is 0 Å². The van der Waals surface area contributed by atoms with Crippen molar-refractivity contribution in [1.29, 1.82) is 0 Å². The van der Waals surface area contributed by atoms with E-state index in [1.54, 1.807) is 18.7 Å². The van der Waals surface area contributed by atoms with Gasteiger partial charge in [0.05, 0.1) is 32.7 Å². The summed E-state index contributed by atoms with van der Waals surface area (Å²) < 4.78 is 46.3. The molecular formula is C19H17BrF3N3O2S2. The van der Waals surface area contributed by atoms with E-state index < -0.39 is 17.7 Å².